The first-order chi connectivity index (χ1) is 5.83. The van der Waals surface area contributed by atoms with Crippen molar-refractivity contribution in [2.24, 2.45) is 0 Å². The molecule has 2 heterocycles. The van der Waals surface area contributed by atoms with Gasteiger partial charge in [-0.1, -0.05) is 0 Å². The summed E-state index contributed by atoms with van der Waals surface area (Å²) in [6.07, 6.45) is 3.56. The molecule has 0 aliphatic rings. The maximum absolute atomic E-state index is 5.14. The topological polar surface area (TPSA) is 37.9 Å². The Morgan fingerprint density at radius 2 is 2.31 bits per heavy atom. The van der Waals surface area contributed by atoms with Crippen LogP contribution in [0.4, 0.5) is 0 Å². The molecule has 0 fully saturated rings. The van der Waals surface area contributed by atoms with Crippen molar-refractivity contribution >= 4 is 39.2 Å². The number of H-pyrrole nitrogens is 1. The first-order valence-corrected chi connectivity index (χ1v) is 4.28. The van der Waals surface area contributed by atoms with Gasteiger partial charge in [-0.2, -0.15) is 0 Å². The Hall–Kier alpha value is -0.740. The highest BCUT2D eigenvalue weighted by Crippen LogP contribution is 2.27. The average molecular weight is 264 g/mol. The SMILES string of the molecule is COc1cnc(Br)c2[nH]ccc12.Cl. The molecule has 0 aliphatic heterocycles. The third kappa shape index (κ3) is 1.64. The summed E-state index contributed by atoms with van der Waals surface area (Å²) in [5.41, 5.74) is 0.967. The lowest BCUT2D eigenvalue weighted by Crippen LogP contribution is -1.86. The highest BCUT2D eigenvalue weighted by molar-refractivity contribution is 9.10. The van der Waals surface area contributed by atoms with E-state index in [1.165, 1.54) is 0 Å². The molecule has 13 heavy (non-hydrogen) atoms. The third-order valence-corrected chi connectivity index (χ3v) is 2.34. The van der Waals surface area contributed by atoms with Crippen molar-refractivity contribution in [2.45, 2.75) is 0 Å². The summed E-state index contributed by atoms with van der Waals surface area (Å²) in [6, 6.07) is 1.96. The van der Waals surface area contributed by atoms with Gasteiger partial charge in [-0.25, -0.2) is 4.98 Å². The summed E-state index contributed by atoms with van der Waals surface area (Å²) in [5.74, 6) is 0.787. The summed E-state index contributed by atoms with van der Waals surface area (Å²) in [7, 11) is 1.64. The molecule has 0 spiro atoms. The van der Waals surface area contributed by atoms with E-state index in [2.05, 4.69) is 25.9 Å². The molecule has 2 rings (SSSR count). The van der Waals surface area contributed by atoms with Gasteiger partial charge >= 0.3 is 0 Å². The number of hydrogen-bond donors (Lipinski definition) is 1. The van der Waals surface area contributed by atoms with E-state index >= 15 is 0 Å². The van der Waals surface area contributed by atoms with E-state index < -0.39 is 0 Å². The van der Waals surface area contributed by atoms with Gasteiger partial charge in [0.25, 0.3) is 0 Å². The average Bonchev–Trinajstić information content (AvgIpc) is 2.54. The van der Waals surface area contributed by atoms with Crippen LogP contribution in [0.1, 0.15) is 0 Å². The van der Waals surface area contributed by atoms with Crippen molar-refractivity contribution in [3.63, 3.8) is 0 Å². The predicted octanol–water partition coefficient (Wildman–Crippen LogP) is 2.76. The van der Waals surface area contributed by atoms with Gasteiger partial charge in [0.05, 0.1) is 18.8 Å². The maximum atomic E-state index is 5.14. The van der Waals surface area contributed by atoms with Crippen LogP contribution >= 0.6 is 28.3 Å². The van der Waals surface area contributed by atoms with Gasteiger partial charge in [0, 0.05) is 11.6 Å². The number of fused-ring (bicyclic) bond motifs is 1. The Kier molecular flexibility index (Phi) is 3.17. The van der Waals surface area contributed by atoms with Crippen LogP contribution in [0.2, 0.25) is 0 Å². The quantitative estimate of drug-likeness (QED) is 0.804. The molecule has 0 amide bonds. The molecule has 0 aromatic carbocycles. The number of nitrogens with one attached hydrogen (secondary N) is 1. The molecule has 2 aromatic heterocycles. The number of ether oxygens (including phenoxy) is 1. The fraction of sp³-hybridized carbons (Fsp3) is 0.125. The molecule has 70 valence electrons. The first kappa shape index (κ1) is 10.3. The Morgan fingerprint density at radius 1 is 1.54 bits per heavy atom. The monoisotopic (exact) mass is 262 g/mol. The van der Waals surface area contributed by atoms with Gasteiger partial charge in [-0.15, -0.1) is 12.4 Å². The van der Waals surface area contributed by atoms with Gasteiger partial charge in [0.15, 0.2) is 0 Å². The van der Waals surface area contributed by atoms with Crippen LogP contribution in [-0.2, 0) is 0 Å². The maximum Gasteiger partial charge on any atom is 0.146 e. The standard InChI is InChI=1S/C8H7BrN2O.ClH/c1-12-6-4-11-8(9)7-5(6)2-3-10-7;/h2-4,10H,1H3;1H. The van der Waals surface area contributed by atoms with Crippen LogP contribution in [0.25, 0.3) is 10.9 Å². The number of methoxy groups -OCH3 is 1. The fourth-order valence-electron chi connectivity index (χ4n) is 1.16. The second-order valence-electron chi connectivity index (χ2n) is 2.38. The number of aromatic amines is 1. The zero-order valence-electron chi connectivity index (χ0n) is 6.87. The van der Waals surface area contributed by atoms with E-state index in [4.69, 9.17) is 4.74 Å². The molecule has 0 radical (unpaired) electrons. The number of rotatable bonds is 1. The lowest BCUT2D eigenvalue weighted by atomic mass is 10.3. The highest BCUT2D eigenvalue weighted by Gasteiger charge is 2.05. The van der Waals surface area contributed by atoms with Crippen molar-refractivity contribution in [2.75, 3.05) is 7.11 Å². The third-order valence-electron chi connectivity index (χ3n) is 1.73. The molecule has 0 aliphatic carbocycles. The van der Waals surface area contributed by atoms with Crippen LogP contribution in [0.15, 0.2) is 23.1 Å². The Bertz CT molecular complexity index is 415. The molecule has 3 nitrogen and oxygen atoms in total. The van der Waals surface area contributed by atoms with Crippen molar-refractivity contribution in [1.82, 2.24) is 9.97 Å². The Balaban J connectivity index is 0.000000845. The molecule has 0 atom stereocenters. The highest BCUT2D eigenvalue weighted by atomic mass is 79.9. The van der Waals surface area contributed by atoms with E-state index in [0.717, 1.165) is 21.3 Å². The van der Waals surface area contributed by atoms with Crippen LogP contribution in [0.3, 0.4) is 0 Å². The summed E-state index contributed by atoms with van der Waals surface area (Å²) in [6.45, 7) is 0. The number of nitrogens with zero attached hydrogens (tertiary/aromatic N) is 1. The number of hydrogen-bond acceptors (Lipinski definition) is 2. The van der Waals surface area contributed by atoms with E-state index in [1.807, 2.05) is 12.3 Å². The number of aromatic nitrogens is 2. The molecular formula is C8H8BrClN2O. The summed E-state index contributed by atoms with van der Waals surface area (Å²) in [5, 5.41) is 1.04. The second-order valence-corrected chi connectivity index (χ2v) is 3.13. The van der Waals surface area contributed by atoms with Gasteiger partial charge in [-0.3, -0.25) is 0 Å². The smallest absolute Gasteiger partial charge is 0.146 e. The lowest BCUT2D eigenvalue weighted by Gasteiger charge is -2.00. The van der Waals surface area contributed by atoms with Crippen LogP contribution in [0, 0.1) is 0 Å². The number of pyridine rings is 1. The minimum Gasteiger partial charge on any atom is -0.494 e. The second kappa shape index (κ2) is 3.98. The van der Waals surface area contributed by atoms with Crippen molar-refractivity contribution in [1.29, 1.82) is 0 Å². The van der Waals surface area contributed by atoms with Gasteiger partial charge in [0.1, 0.15) is 10.4 Å². The molecule has 5 heteroatoms. The van der Waals surface area contributed by atoms with E-state index in [-0.39, 0.29) is 12.4 Å². The minimum atomic E-state index is 0. The van der Waals surface area contributed by atoms with Gasteiger partial charge in [-0.05, 0) is 22.0 Å². The van der Waals surface area contributed by atoms with E-state index in [0.29, 0.717) is 0 Å². The van der Waals surface area contributed by atoms with Crippen molar-refractivity contribution in [3.8, 4) is 5.75 Å². The van der Waals surface area contributed by atoms with E-state index in [9.17, 15) is 0 Å². The largest absolute Gasteiger partial charge is 0.494 e. The van der Waals surface area contributed by atoms with E-state index in [1.54, 1.807) is 13.3 Å². The number of halogens is 2. The van der Waals surface area contributed by atoms with Crippen LogP contribution in [-0.4, -0.2) is 17.1 Å². The van der Waals surface area contributed by atoms with Crippen molar-refractivity contribution in [3.05, 3.63) is 23.1 Å². The molecule has 0 bridgehead atoms. The minimum absolute atomic E-state index is 0. The normalized spacial score (nSPS) is 9.69. The zero-order valence-corrected chi connectivity index (χ0v) is 9.28. The summed E-state index contributed by atoms with van der Waals surface area (Å²) >= 11 is 3.34. The predicted molar refractivity (Wildman–Crippen MR) is 57.6 cm³/mol. The van der Waals surface area contributed by atoms with Gasteiger partial charge in [0.2, 0.25) is 0 Å². The summed E-state index contributed by atoms with van der Waals surface area (Å²) < 4.78 is 5.95. The lowest BCUT2D eigenvalue weighted by molar-refractivity contribution is 0.418. The Labute approximate surface area is 90.0 Å². The van der Waals surface area contributed by atoms with Crippen LogP contribution in [0.5, 0.6) is 5.75 Å². The molecule has 0 saturated carbocycles. The van der Waals surface area contributed by atoms with Crippen LogP contribution < -0.4 is 4.74 Å². The summed E-state index contributed by atoms with van der Waals surface area (Å²) in [4.78, 5) is 7.18. The van der Waals surface area contributed by atoms with Gasteiger partial charge < -0.3 is 9.72 Å². The molecular weight excluding hydrogens is 255 g/mol. The molecule has 0 unspecified atom stereocenters. The molecule has 1 N–H and O–H groups in total. The molecule has 2 aromatic rings. The molecule has 0 saturated heterocycles. The first-order valence-electron chi connectivity index (χ1n) is 3.48. The fourth-order valence-corrected chi connectivity index (χ4v) is 1.59. The van der Waals surface area contributed by atoms with Crippen molar-refractivity contribution < 1.29 is 4.74 Å². The Morgan fingerprint density at radius 3 is 3.00 bits per heavy atom. The zero-order chi connectivity index (χ0) is 8.55.